The molecular formula is C9H16O3. The van der Waals surface area contributed by atoms with Gasteiger partial charge in [-0.15, -0.1) is 0 Å². The van der Waals surface area contributed by atoms with Crippen LogP contribution in [0.2, 0.25) is 0 Å². The smallest absolute Gasteiger partial charge is 0.311 e. The second-order valence-electron chi connectivity index (χ2n) is 3.56. The SMILES string of the molecule is CC(C)OC(=O)C1COC(C)C1. The lowest BCUT2D eigenvalue weighted by Crippen LogP contribution is -2.21. The molecule has 1 aliphatic rings. The van der Waals surface area contributed by atoms with Crippen LogP contribution in [0.5, 0.6) is 0 Å². The molecule has 2 atom stereocenters. The van der Waals surface area contributed by atoms with Gasteiger partial charge in [0, 0.05) is 0 Å². The summed E-state index contributed by atoms with van der Waals surface area (Å²) in [6.07, 6.45) is 0.981. The van der Waals surface area contributed by atoms with E-state index in [1.165, 1.54) is 0 Å². The van der Waals surface area contributed by atoms with Crippen LogP contribution in [0.4, 0.5) is 0 Å². The summed E-state index contributed by atoms with van der Waals surface area (Å²) < 4.78 is 10.3. The molecule has 0 amide bonds. The molecule has 0 aromatic carbocycles. The molecule has 3 heteroatoms. The molecule has 3 nitrogen and oxygen atoms in total. The van der Waals surface area contributed by atoms with Gasteiger partial charge in [0.1, 0.15) is 0 Å². The van der Waals surface area contributed by atoms with Gasteiger partial charge >= 0.3 is 5.97 Å². The van der Waals surface area contributed by atoms with E-state index in [9.17, 15) is 4.79 Å². The molecule has 0 saturated carbocycles. The lowest BCUT2D eigenvalue weighted by atomic mass is 10.1. The first-order chi connectivity index (χ1) is 5.59. The molecule has 0 radical (unpaired) electrons. The Bertz CT molecular complexity index is 165. The standard InChI is InChI=1S/C9H16O3/c1-6(2)12-9(10)8-4-7(3)11-5-8/h6-8H,4-5H2,1-3H3. The van der Waals surface area contributed by atoms with Gasteiger partial charge in [-0.1, -0.05) is 0 Å². The van der Waals surface area contributed by atoms with Crippen molar-refractivity contribution in [1.82, 2.24) is 0 Å². The molecular weight excluding hydrogens is 156 g/mol. The van der Waals surface area contributed by atoms with Gasteiger partial charge in [-0.25, -0.2) is 0 Å². The molecule has 0 aromatic rings. The Morgan fingerprint density at radius 3 is 2.67 bits per heavy atom. The molecule has 0 N–H and O–H groups in total. The Balaban J connectivity index is 2.33. The first-order valence-electron chi connectivity index (χ1n) is 4.41. The van der Waals surface area contributed by atoms with Crippen LogP contribution in [0.25, 0.3) is 0 Å². The molecule has 1 saturated heterocycles. The minimum atomic E-state index is -0.116. The van der Waals surface area contributed by atoms with Crippen molar-refractivity contribution in [1.29, 1.82) is 0 Å². The van der Waals surface area contributed by atoms with Gasteiger partial charge in [-0.05, 0) is 27.2 Å². The molecule has 12 heavy (non-hydrogen) atoms. The average Bonchev–Trinajstić information content (AvgIpc) is 2.34. The molecule has 0 bridgehead atoms. The minimum absolute atomic E-state index is 0.0200. The van der Waals surface area contributed by atoms with E-state index in [0.29, 0.717) is 6.61 Å². The summed E-state index contributed by atoms with van der Waals surface area (Å²) in [5.41, 5.74) is 0. The van der Waals surface area contributed by atoms with Crippen LogP contribution in [0.15, 0.2) is 0 Å². The van der Waals surface area contributed by atoms with Crippen LogP contribution in [-0.2, 0) is 14.3 Å². The number of carbonyl (C=O) groups is 1. The summed E-state index contributed by atoms with van der Waals surface area (Å²) >= 11 is 0. The monoisotopic (exact) mass is 172 g/mol. The molecule has 0 aromatic heterocycles. The maximum atomic E-state index is 11.3. The van der Waals surface area contributed by atoms with E-state index in [2.05, 4.69) is 0 Å². The topological polar surface area (TPSA) is 35.5 Å². The molecule has 1 rings (SSSR count). The number of hydrogen-bond donors (Lipinski definition) is 0. The number of esters is 1. The van der Waals surface area contributed by atoms with Gasteiger partial charge in [0.25, 0.3) is 0 Å². The number of rotatable bonds is 2. The summed E-state index contributed by atoms with van der Waals surface area (Å²) in [6.45, 7) is 6.21. The van der Waals surface area contributed by atoms with Crippen molar-refractivity contribution in [2.24, 2.45) is 5.92 Å². The van der Waals surface area contributed by atoms with Gasteiger partial charge in [-0.2, -0.15) is 0 Å². The van der Waals surface area contributed by atoms with Crippen molar-refractivity contribution in [2.75, 3.05) is 6.61 Å². The molecule has 1 aliphatic heterocycles. The lowest BCUT2D eigenvalue weighted by molar-refractivity contribution is -0.152. The highest BCUT2D eigenvalue weighted by molar-refractivity contribution is 5.73. The van der Waals surface area contributed by atoms with Crippen molar-refractivity contribution in [3.8, 4) is 0 Å². The number of carbonyl (C=O) groups excluding carboxylic acids is 1. The summed E-state index contributed by atoms with van der Waals surface area (Å²) in [5, 5.41) is 0. The zero-order chi connectivity index (χ0) is 9.14. The quantitative estimate of drug-likeness (QED) is 0.590. The van der Waals surface area contributed by atoms with Gasteiger partial charge in [0.2, 0.25) is 0 Å². The van der Waals surface area contributed by atoms with E-state index < -0.39 is 0 Å². The van der Waals surface area contributed by atoms with Crippen LogP contribution in [-0.4, -0.2) is 24.8 Å². The van der Waals surface area contributed by atoms with Crippen LogP contribution in [0, 0.1) is 5.92 Å². The predicted molar refractivity (Wildman–Crippen MR) is 44.7 cm³/mol. The fourth-order valence-electron chi connectivity index (χ4n) is 1.31. The van der Waals surface area contributed by atoms with Crippen molar-refractivity contribution in [3.63, 3.8) is 0 Å². The van der Waals surface area contributed by atoms with E-state index in [1.807, 2.05) is 20.8 Å². The molecule has 1 fully saturated rings. The van der Waals surface area contributed by atoms with Crippen LogP contribution < -0.4 is 0 Å². The second kappa shape index (κ2) is 3.90. The van der Waals surface area contributed by atoms with E-state index in [0.717, 1.165) is 6.42 Å². The van der Waals surface area contributed by atoms with E-state index in [1.54, 1.807) is 0 Å². The summed E-state index contributed by atoms with van der Waals surface area (Å²) in [4.78, 5) is 11.3. The average molecular weight is 172 g/mol. The number of hydrogen-bond acceptors (Lipinski definition) is 3. The number of ether oxygens (including phenoxy) is 2. The highest BCUT2D eigenvalue weighted by Crippen LogP contribution is 2.20. The van der Waals surface area contributed by atoms with Crippen molar-refractivity contribution >= 4 is 5.97 Å². The predicted octanol–water partition coefficient (Wildman–Crippen LogP) is 1.36. The zero-order valence-electron chi connectivity index (χ0n) is 7.87. The highest BCUT2D eigenvalue weighted by Gasteiger charge is 2.29. The Labute approximate surface area is 73.0 Å². The van der Waals surface area contributed by atoms with Crippen LogP contribution >= 0.6 is 0 Å². The fraction of sp³-hybridized carbons (Fsp3) is 0.889. The first-order valence-corrected chi connectivity index (χ1v) is 4.41. The van der Waals surface area contributed by atoms with E-state index >= 15 is 0 Å². The van der Waals surface area contributed by atoms with Gasteiger partial charge in [-0.3, -0.25) is 4.79 Å². The second-order valence-corrected chi connectivity index (χ2v) is 3.56. The Hall–Kier alpha value is -0.570. The normalized spacial score (nSPS) is 29.3. The van der Waals surface area contributed by atoms with Crippen molar-refractivity contribution in [3.05, 3.63) is 0 Å². The Morgan fingerprint density at radius 1 is 1.58 bits per heavy atom. The minimum Gasteiger partial charge on any atom is -0.463 e. The largest absolute Gasteiger partial charge is 0.463 e. The third-order valence-corrected chi connectivity index (χ3v) is 1.88. The lowest BCUT2D eigenvalue weighted by Gasteiger charge is -2.10. The molecule has 0 spiro atoms. The third kappa shape index (κ3) is 2.48. The van der Waals surface area contributed by atoms with Crippen molar-refractivity contribution in [2.45, 2.75) is 39.4 Å². The summed E-state index contributed by atoms with van der Waals surface area (Å²) in [5.74, 6) is -0.156. The van der Waals surface area contributed by atoms with Gasteiger partial charge in [0.15, 0.2) is 0 Å². The maximum Gasteiger partial charge on any atom is 0.311 e. The zero-order valence-corrected chi connectivity index (χ0v) is 7.87. The molecule has 2 unspecified atom stereocenters. The van der Waals surface area contributed by atoms with Crippen LogP contribution in [0.3, 0.4) is 0 Å². The van der Waals surface area contributed by atoms with E-state index in [-0.39, 0.29) is 24.1 Å². The Morgan fingerprint density at radius 2 is 2.25 bits per heavy atom. The maximum absolute atomic E-state index is 11.3. The van der Waals surface area contributed by atoms with Crippen molar-refractivity contribution < 1.29 is 14.3 Å². The molecule has 70 valence electrons. The third-order valence-electron chi connectivity index (χ3n) is 1.88. The molecule has 0 aliphatic carbocycles. The van der Waals surface area contributed by atoms with Gasteiger partial charge < -0.3 is 9.47 Å². The highest BCUT2D eigenvalue weighted by atomic mass is 16.5. The van der Waals surface area contributed by atoms with Crippen LogP contribution in [0.1, 0.15) is 27.2 Å². The summed E-state index contributed by atoms with van der Waals surface area (Å²) in [6, 6.07) is 0. The van der Waals surface area contributed by atoms with Gasteiger partial charge in [0.05, 0.1) is 24.7 Å². The first kappa shape index (κ1) is 9.52. The fourth-order valence-corrected chi connectivity index (χ4v) is 1.31. The summed E-state index contributed by atoms with van der Waals surface area (Å²) in [7, 11) is 0. The van der Waals surface area contributed by atoms with E-state index in [4.69, 9.17) is 9.47 Å². The molecule has 1 heterocycles. The Kier molecular flexibility index (Phi) is 3.09.